The number of thiophene rings is 1. The van der Waals surface area contributed by atoms with Gasteiger partial charge in [-0.15, -0.1) is 11.3 Å². The molecular formula is C22H18N4O3S. The van der Waals surface area contributed by atoms with Crippen molar-refractivity contribution in [3.05, 3.63) is 86.2 Å². The number of aromatic amines is 1. The molecule has 4 aromatic rings. The molecule has 0 atom stereocenters. The van der Waals surface area contributed by atoms with Gasteiger partial charge in [-0.05, 0) is 53.8 Å². The first kappa shape index (κ1) is 18.4. The number of nitro benzene ring substituents is 1. The number of benzene rings is 2. The van der Waals surface area contributed by atoms with Gasteiger partial charge in [0.1, 0.15) is 11.2 Å². The van der Waals surface area contributed by atoms with E-state index in [2.05, 4.69) is 26.6 Å². The largest absolute Gasteiger partial charge is 0.367 e. The molecule has 0 saturated carbocycles. The Morgan fingerprint density at radius 3 is 2.80 bits per heavy atom. The van der Waals surface area contributed by atoms with Crippen molar-refractivity contribution in [3.63, 3.8) is 0 Å². The van der Waals surface area contributed by atoms with Crippen LogP contribution in [0.2, 0.25) is 0 Å². The van der Waals surface area contributed by atoms with Crippen molar-refractivity contribution >= 4 is 45.2 Å². The molecule has 0 unspecified atom stereocenters. The number of amides is 1. The van der Waals surface area contributed by atoms with E-state index in [0.29, 0.717) is 16.6 Å². The number of fused-ring (bicyclic) bond motifs is 2. The highest BCUT2D eigenvalue weighted by Gasteiger charge is 2.19. The minimum atomic E-state index is -0.459. The van der Waals surface area contributed by atoms with Crippen LogP contribution in [0.5, 0.6) is 0 Å². The Kier molecular flexibility index (Phi) is 4.48. The van der Waals surface area contributed by atoms with Crippen LogP contribution in [-0.4, -0.2) is 22.4 Å². The monoisotopic (exact) mass is 418 g/mol. The van der Waals surface area contributed by atoms with Crippen LogP contribution in [-0.2, 0) is 13.0 Å². The number of anilines is 2. The van der Waals surface area contributed by atoms with Crippen molar-refractivity contribution in [1.82, 2.24) is 4.98 Å². The summed E-state index contributed by atoms with van der Waals surface area (Å²) in [4.78, 5) is 30.0. The summed E-state index contributed by atoms with van der Waals surface area (Å²) in [6.45, 7) is 1.88. The molecule has 0 saturated heterocycles. The summed E-state index contributed by atoms with van der Waals surface area (Å²) in [6, 6.07) is 16.3. The van der Waals surface area contributed by atoms with Gasteiger partial charge in [0.15, 0.2) is 0 Å². The Hall–Kier alpha value is -3.65. The standard InChI is InChI=1S/C22H18N4O3S/c27-22(18-12-14-2-1-3-19(26(28)29)21(14)24-18)23-16-4-6-17(7-5-16)25-10-8-20-15(13-25)9-11-30-20/h1-7,9,11-12,24H,8,10,13H2,(H,23,27). The quantitative estimate of drug-likeness (QED) is 0.362. The molecule has 7 nitrogen and oxygen atoms in total. The number of carbonyl (C=O) groups excluding carboxylic acids is 1. The Morgan fingerprint density at radius 2 is 2.00 bits per heavy atom. The zero-order chi connectivity index (χ0) is 20.7. The van der Waals surface area contributed by atoms with Crippen LogP contribution >= 0.6 is 11.3 Å². The summed E-state index contributed by atoms with van der Waals surface area (Å²) in [5.74, 6) is -0.339. The van der Waals surface area contributed by atoms with Crippen molar-refractivity contribution in [1.29, 1.82) is 0 Å². The molecule has 1 aliphatic heterocycles. The number of rotatable bonds is 4. The molecule has 1 amide bonds. The number of carbonyl (C=O) groups is 1. The number of non-ortho nitro benzene ring substituents is 1. The number of aromatic nitrogens is 1. The fraction of sp³-hybridized carbons (Fsp3) is 0.136. The molecule has 2 aromatic heterocycles. The lowest BCUT2D eigenvalue weighted by molar-refractivity contribution is -0.383. The molecule has 0 spiro atoms. The van der Waals surface area contributed by atoms with Gasteiger partial charge in [0, 0.05) is 40.8 Å². The van der Waals surface area contributed by atoms with Crippen LogP contribution in [0.4, 0.5) is 17.1 Å². The van der Waals surface area contributed by atoms with Crippen molar-refractivity contribution in [3.8, 4) is 0 Å². The first-order chi connectivity index (χ1) is 14.6. The summed E-state index contributed by atoms with van der Waals surface area (Å²) in [6.07, 6.45) is 1.05. The van der Waals surface area contributed by atoms with Gasteiger partial charge in [-0.25, -0.2) is 0 Å². The summed E-state index contributed by atoms with van der Waals surface area (Å²) < 4.78 is 0. The Bertz CT molecular complexity index is 1260. The van der Waals surface area contributed by atoms with E-state index in [0.717, 1.165) is 25.2 Å². The third-order valence-electron chi connectivity index (χ3n) is 5.37. The Labute approximate surface area is 176 Å². The van der Waals surface area contributed by atoms with Gasteiger partial charge in [0.05, 0.1) is 4.92 Å². The zero-order valence-corrected chi connectivity index (χ0v) is 16.7. The minimum Gasteiger partial charge on any atom is -0.367 e. The van der Waals surface area contributed by atoms with Gasteiger partial charge in [-0.2, -0.15) is 0 Å². The molecule has 3 heterocycles. The lowest BCUT2D eigenvalue weighted by Crippen LogP contribution is -2.29. The number of nitrogens with zero attached hydrogens (tertiary/aromatic N) is 2. The van der Waals surface area contributed by atoms with Gasteiger partial charge in [-0.1, -0.05) is 12.1 Å². The van der Waals surface area contributed by atoms with E-state index in [4.69, 9.17) is 0 Å². The third kappa shape index (κ3) is 3.31. The molecule has 0 fully saturated rings. The van der Waals surface area contributed by atoms with E-state index >= 15 is 0 Å². The van der Waals surface area contributed by atoms with Gasteiger partial charge >= 0.3 is 0 Å². The molecule has 1 aliphatic rings. The van der Waals surface area contributed by atoms with Gasteiger partial charge in [0.2, 0.25) is 0 Å². The van der Waals surface area contributed by atoms with Crippen LogP contribution in [0.1, 0.15) is 20.9 Å². The number of H-pyrrole nitrogens is 1. The summed E-state index contributed by atoms with van der Waals surface area (Å²) in [7, 11) is 0. The predicted octanol–water partition coefficient (Wildman–Crippen LogP) is 4.95. The number of nitrogens with one attached hydrogen (secondary N) is 2. The lowest BCUT2D eigenvalue weighted by Gasteiger charge is -2.29. The van der Waals surface area contributed by atoms with Crippen LogP contribution in [0.25, 0.3) is 10.9 Å². The van der Waals surface area contributed by atoms with Gasteiger partial charge in [-0.3, -0.25) is 14.9 Å². The maximum absolute atomic E-state index is 12.6. The third-order valence-corrected chi connectivity index (χ3v) is 6.40. The predicted molar refractivity (Wildman–Crippen MR) is 118 cm³/mol. The smallest absolute Gasteiger partial charge is 0.293 e. The molecule has 150 valence electrons. The van der Waals surface area contributed by atoms with E-state index in [1.54, 1.807) is 18.2 Å². The van der Waals surface area contributed by atoms with E-state index < -0.39 is 4.92 Å². The van der Waals surface area contributed by atoms with Crippen molar-refractivity contribution < 1.29 is 9.72 Å². The van der Waals surface area contributed by atoms with E-state index in [1.807, 2.05) is 35.6 Å². The molecule has 2 N–H and O–H groups in total. The second kappa shape index (κ2) is 7.31. The fourth-order valence-corrected chi connectivity index (χ4v) is 4.73. The van der Waals surface area contributed by atoms with Crippen molar-refractivity contribution in [2.45, 2.75) is 13.0 Å². The second-order valence-corrected chi connectivity index (χ2v) is 8.22. The van der Waals surface area contributed by atoms with Crippen molar-refractivity contribution in [2.75, 3.05) is 16.8 Å². The van der Waals surface area contributed by atoms with E-state index in [-0.39, 0.29) is 17.3 Å². The number of para-hydroxylation sites is 1. The number of hydrogen-bond acceptors (Lipinski definition) is 5. The highest BCUT2D eigenvalue weighted by molar-refractivity contribution is 7.10. The first-order valence-electron chi connectivity index (χ1n) is 9.56. The van der Waals surface area contributed by atoms with Gasteiger partial charge < -0.3 is 15.2 Å². The normalized spacial score (nSPS) is 13.3. The topological polar surface area (TPSA) is 91.3 Å². The average molecular weight is 418 g/mol. The summed E-state index contributed by atoms with van der Waals surface area (Å²) >= 11 is 1.82. The molecule has 8 heteroatoms. The SMILES string of the molecule is O=C(Nc1ccc(N2CCc3sccc3C2)cc1)c1cc2cccc([N+](=O)[O-])c2[nH]1. The maximum Gasteiger partial charge on any atom is 0.293 e. The van der Waals surface area contributed by atoms with Crippen LogP contribution in [0.15, 0.2) is 60.0 Å². The highest BCUT2D eigenvalue weighted by atomic mass is 32.1. The molecular weight excluding hydrogens is 400 g/mol. The zero-order valence-electron chi connectivity index (χ0n) is 15.9. The highest BCUT2D eigenvalue weighted by Crippen LogP contribution is 2.29. The lowest BCUT2D eigenvalue weighted by atomic mass is 10.1. The molecule has 0 bridgehead atoms. The van der Waals surface area contributed by atoms with Gasteiger partial charge in [0.25, 0.3) is 11.6 Å². The second-order valence-electron chi connectivity index (χ2n) is 7.22. The fourth-order valence-electron chi connectivity index (χ4n) is 3.84. The van der Waals surface area contributed by atoms with Crippen LogP contribution < -0.4 is 10.2 Å². The molecule has 30 heavy (non-hydrogen) atoms. The number of hydrogen-bond donors (Lipinski definition) is 2. The van der Waals surface area contributed by atoms with Crippen LogP contribution in [0, 0.1) is 10.1 Å². The average Bonchev–Trinajstić information content (AvgIpc) is 3.40. The van der Waals surface area contributed by atoms with Crippen LogP contribution in [0.3, 0.4) is 0 Å². The summed E-state index contributed by atoms with van der Waals surface area (Å²) in [5, 5.41) is 16.8. The molecule has 5 rings (SSSR count). The summed E-state index contributed by atoms with van der Waals surface area (Å²) in [5.41, 5.74) is 3.75. The Morgan fingerprint density at radius 1 is 1.17 bits per heavy atom. The maximum atomic E-state index is 12.6. The van der Waals surface area contributed by atoms with E-state index in [1.165, 1.54) is 16.5 Å². The van der Waals surface area contributed by atoms with E-state index in [9.17, 15) is 14.9 Å². The first-order valence-corrected chi connectivity index (χ1v) is 10.4. The minimum absolute atomic E-state index is 0.0498. The van der Waals surface area contributed by atoms with Crippen molar-refractivity contribution in [2.24, 2.45) is 0 Å². The number of nitro groups is 1. The Balaban J connectivity index is 1.31. The molecule has 0 aliphatic carbocycles. The molecule has 0 radical (unpaired) electrons. The molecule has 2 aromatic carbocycles.